The number of amides is 2. The van der Waals surface area contributed by atoms with Gasteiger partial charge in [-0.1, -0.05) is 30.3 Å². The summed E-state index contributed by atoms with van der Waals surface area (Å²) in [5, 5.41) is 15.6. The zero-order valence-electron chi connectivity index (χ0n) is 12.1. The van der Waals surface area contributed by atoms with Gasteiger partial charge < -0.3 is 15.4 Å². The number of hydrogen-bond acceptors (Lipinski definition) is 4. The second-order valence-electron chi connectivity index (χ2n) is 4.83. The highest BCUT2D eigenvalue weighted by Gasteiger charge is 2.12. The fourth-order valence-corrected chi connectivity index (χ4v) is 2.00. The van der Waals surface area contributed by atoms with Gasteiger partial charge in [-0.15, -0.1) is 0 Å². The zero-order valence-corrected chi connectivity index (χ0v) is 12.1. The van der Waals surface area contributed by atoms with Crippen molar-refractivity contribution in [1.29, 1.82) is 0 Å². The standard InChI is InChI=1S/C16H15N3O4/c20-11-14(10-12-4-2-1-3-5-12)18-16(21)17-13-6-8-15(9-7-13)19(22)23/h1-9,11,14H,10H2,(H2,17,18,21)/t14-/m0/s1. The second-order valence-corrected chi connectivity index (χ2v) is 4.83. The minimum atomic E-state index is -0.657. The van der Waals surface area contributed by atoms with Crippen LogP contribution in [0.4, 0.5) is 16.2 Å². The van der Waals surface area contributed by atoms with Crippen LogP contribution < -0.4 is 10.6 Å². The molecule has 0 radical (unpaired) electrons. The lowest BCUT2D eigenvalue weighted by Crippen LogP contribution is -2.40. The minimum Gasteiger partial charge on any atom is -0.328 e. The van der Waals surface area contributed by atoms with E-state index in [1.54, 1.807) is 0 Å². The molecule has 0 aliphatic carbocycles. The molecule has 0 unspecified atom stereocenters. The Morgan fingerprint density at radius 3 is 2.35 bits per heavy atom. The molecule has 0 aliphatic heterocycles. The van der Waals surface area contributed by atoms with Gasteiger partial charge in [-0.05, 0) is 24.1 Å². The van der Waals surface area contributed by atoms with E-state index >= 15 is 0 Å². The molecular formula is C16H15N3O4. The molecule has 2 aromatic carbocycles. The summed E-state index contributed by atoms with van der Waals surface area (Å²) in [5.74, 6) is 0. The molecule has 0 fully saturated rings. The van der Waals surface area contributed by atoms with Gasteiger partial charge in [0.15, 0.2) is 0 Å². The molecule has 0 saturated heterocycles. The fourth-order valence-electron chi connectivity index (χ4n) is 2.00. The van der Waals surface area contributed by atoms with Crippen LogP contribution in [0.1, 0.15) is 5.56 Å². The SMILES string of the molecule is O=C[C@H](Cc1ccccc1)NC(=O)Nc1ccc([N+](=O)[O-])cc1. The molecule has 0 saturated carbocycles. The van der Waals surface area contributed by atoms with Crippen molar-refractivity contribution in [3.63, 3.8) is 0 Å². The van der Waals surface area contributed by atoms with Crippen LogP contribution in [0.3, 0.4) is 0 Å². The first kappa shape index (κ1) is 16.2. The molecule has 7 nitrogen and oxygen atoms in total. The van der Waals surface area contributed by atoms with E-state index in [1.165, 1.54) is 24.3 Å². The third-order valence-corrected chi connectivity index (χ3v) is 3.12. The van der Waals surface area contributed by atoms with E-state index in [1.807, 2.05) is 30.3 Å². The molecule has 2 aromatic rings. The number of carbonyl (C=O) groups is 2. The average Bonchev–Trinajstić information content (AvgIpc) is 2.55. The number of non-ortho nitro benzene ring substituents is 1. The van der Waals surface area contributed by atoms with Crippen LogP contribution >= 0.6 is 0 Å². The number of aldehydes is 1. The Labute approximate surface area is 132 Å². The number of urea groups is 1. The van der Waals surface area contributed by atoms with Crippen molar-refractivity contribution in [1.82, 2.24) is 5.32 Å². The van der Waals surface area contributed by atoms with E-state index < -0.39 is 17.0 Å². The van der Waals surface area contributed by atoms with Crippen LogP contribution in [-0.4, -0.2) is 23.3 Å². The lowest BCUT2D eigenvalue weighted by molar-refractivity contribution is -0.384. The molecule has 2 rings (SSSR count). The van der Waals surface area contributed by atoms with Gasteiger partial charge >= 0.3 is 6.03 Å². The van der Waals surface area contributed by atoms with Crippen molar-refractivity contribution in [2.45, 2.75) is 12.5 Å². The normalized spacial score (nSPS) is 11.3. The lowest BCUT2D eigenvalue weighted by atomic mass is 10.1. The molecule has 0 aromatic heterocycles. The highest BCUT2D eigenvalue weighted by Crippen LogP contribution is 2.15. The van der Waals surface area contributed by atoms with Crippen LogP contribution in [0.15, 0.2) is 54.6 Å². The molecule has 2 amide bonds. The van der Waals surface area contributed by atoms with Crippen molar-refractivity contribution in [3.05, 3.63) is 70.3 Å². The third-order valence-electron chi connectivity index (χ3n) is 3.12. The quantitative estimate of drug-likeness (QED) is 0.486. The lowest BCUT2D eigenvalue weighted by Gasteiger charge is -2.13. The van der Waals surface area contributed by atoms with Crippen molar-refractivity contribution in [2.75, 3.05) is 5.32 Å². The Kier molecular flexibility index (Phi) is 5.40. The molecule has 0 aliphatic rings. The number of nitrogens with one attached hydrogen (secondary N) is 2. The predicted octanol–water partition coefficient (Wildman–Crippen LogP) is 2.53. The van der Waals surface area contributed by atoms with Crippen molar-refractivity contribution >= 4 is 23.7 Å². The Morgan fingerprint density at radius 1 is 1.13 bits per heavy atom. The number of anilines is 1. The number of nitro benzene ring substituents is 1. The summed E-state index contributed by atoms with van der Waals surface area (Å²) in [6.07, 6.45) is 1.06. The van der Waals surface area contributed by atoms with Gasteiger partial charge in [-0.2, -0.15) is 0 Å². The summed E-state index contributed by atoms with van der Waals surface area (Å²) in [6.45, 7) is 0. The first-order chi connectivity index (χ1) is 11.1. The smallest absolute Gasteiger partial charge is 0.319 e. The van der Waals surface area contributed by atoms with Crippen molar-refractivity contribution in [2.24, 2.45) is 0 Å². The van der Waals surface area contributed by atoms with Crippen molar-refractivity contribution in [3.8, 4) is 0 Å². The molecule has 118 valence electrons. The summed E-state index contributed by atoms with van der Waals surface area (Å²) >= 11 is 0. The van der Waals surface area contributed by atoms with Gasteiger partial charge in [-0.25, -0.2) is 4.79 Å². The van der Waals surface area contributed by atoms with E-state index in [4.69, 9.17) is 0 Å². The largest absolute Gasteiger partial charge is 0.328 e. The maximum Gasteiger partial charge on any atom is 0.319 e. The maximum atomic E-state index is 11.9. The minimum absolute atomic E-state index is 0.0641. The van der Waals surface area contributed by atoms with E-state index in [9.17, 15) is 19.7 Å². The first-order valence-electron chi connectivity index (χ1n) is 6.89. The van der Waals surface area contributed by atoms with Gasteiger partial charge in [-0.3, -0.25) is 10.1 Å². The topological polar surface area (TPSA) is 101 Å². The number of rotatable bonds is 6. The number of nitrogens with zero attached hydrogens (tertiary/aromatic N) is 1. The Hall–Kier alpha value is -3.22. The molecule has 7 heteroatoms. The average molecular weight is 313 g/mol. The van der Waals surface area contributed by atoms with Gasteiger partial charge in [0, 0.05) is 17.8 Å². The molecule has 2 N–H and O–H groups in total. The number of hydrogen-bond donors (Lipinski definition) is 2. The van der Waals surface area contributed by atoms with Crippen molar-refractivity contribution < 1.29 is 14.5 Å². The van der Waals surface area contributed by atoms with Gasteiger partial charge in [0.2, 0.25) is 0 Å². The molecule has 0 heterocycles. The van der Waals surface area contributed by atoms with Crippen LogP contribution in [0.2, 0.25) is 0 Å². The highest BCUT2D eigenvalue weighted by molar-refractivity contribution is 5.91. The second kappa shape index (κ2) is 7.69. The summed E-state index contributed by atoms with van der Waals surface area (Å²) in [6, 6.07) is 13.5. The molecule has 0 bridgehead atoms. The number of benzene rings is 2. The van der Waals surface area contributed by atoms with E-state index in [0.717, 1.165) is 5.56 Å². The molecule has 1 atom stereocenters. The first-order valence-corrected chi connectivity index (χ1v) is 6.89. The summed E-state index contributed by atoms with van der Waals surface area (Å²) < 4.78 is 0. The monoisotopic (exact) mass is 313 g/mol. The van der Waals surface area contributed by atoms with Gasteiger partial charge in [0.05, 0.1) is 11.0 Å². The molecular weight excluding hydrogens is 298 g/mol. The van der Waals surface area contributed by atoms with E-state index in [-0.39, 0.29) is 5.69 Å². The van der Waals surface area contributed by atoms with Crippen LogP contribution in [0.25, 0.3) is 0 Å². The zero-order chi connectivity index (χ0) is 16.7. The summed E-state index contributed by atoms with van der Waals surface area (Å²) in [7, 11) is 0. The van der Waals surface area contributed by atoms with Crippen LogP contribution in [0, 0.1) is 10.1 Å². The van der Waals surface area contributed by atoms with Crippen LogP contribution in [0.5, 0.6) is 0 Å². The number of carbonyl (C=O) groups excluding carboxylic acids is 2. The van der Waals surface area contributed by atoms with E-state index in [0.29, 0.717) is 18.4 Å². The Balaban J connectivity index is 1.92. The summed E-state index contributed by atoms with van der Waals surface area (Å²) in [4.78, 5) is 33.0. The fraction of sp³-hybridized carbons (Fsp3) is 0.125. The maximum absolute atomic E-state index is 11.9. The Morgan fingerprint density at radius 2 is 1.78 bits per heavy atom. The predicted molar refractivity (Wildman–Crippen MR) is 85.2 cm³/mol. The summed E-state index contributed by atoms with van der Waals surface area (Å²) in [5.41, 5.74) is 1.27. The number of nitro groups is 1. The molecule has 23 heavy (non-hydrogen) atoms. The van der Waals surface area contributed by atoms with Gasteiger partial charge in [0.25, 0.3) is 5.69 Å². The van der Waals surface area contributed by atoms with Gasteiger partial charge in [0.1, 0.15) is 6.29 Å². The van der Waals surface area contributed by atoms with E-state index in [2.05, 4.69) is 10.6 Å². The molecule has 0 spiro atoms. The highest BCUT2D eigenvalue weighted by atomic mass is 16.6. The van der Waals surface area contributed by atoms with Crippen LogP contribution in [-0.2, 0) is 11.2 Å². The Bertz CT molecular complexity index is 686. The third kappa shape index (κ3) is 4.92.